The first-order valence-corrected chi connectivity index (χ1v) is 8.29. The summed E-state index contributed by atoms with van der Waals surface area (Å²) in [7, 11) is 2.78. The maximum Gasteiger partial charge on any atom is 0.393 e. The highest BCUT2D eigenvalue weighted by Gasteiger charge is 2.23. The molecule has 0 heterocycles. The first kappa shape index (κ1) is 14.8. The Balaban J connectivity index is 2.86. The van der Waals surface area contributed by atoms with Gasteiger partial charge in [0.25, 0.3) is 0 Å². The van der Waals surface area contributed by atoms with Crippen molar-refractivity contribution in [2.24, 2.45) is 0 Å². The van der Waals surface area contributed by atoms with E-state index in [1.807, 2.05) is 24.3 Å². The standard InChI is InChI=1S/C12H19O3PS/c1-12(2,3)10-6-8-11(9-7-10)17-16(13,14-4)15-5/h6-9H,1-5H3. The smallest absolute Gasteiger partial charge is 0.304 e. The molecule has 1 rings (SSSR count). The van der Waals surface area contributed by atoms with Gasteiger partial charge in [-0.25, -0.2) is 4.57 Å². The quantitative estimate of drug-likeness (QED) is 0.758. The molecule has 17 heavy (non-hydrogen) atoms. The van der Waals surface area contributed by atoms with Gasteiger partial charge in [-0.2, -0.15) is 0 Å². The first-order chi connectivity index (χ1) is 7.80. The monoisotopic (exact) mass is 274 g/mol. The largest absolute Gasteiger partial charge is 0.393 e. The molecule has 0 aliphatic carbocycles. The molecule has 0 radical (unpaired) electrons. The average Bonchev–Trinajstić information content (AvgIpc) is 2.28. The third-order valence-electron chi connectivity index (χ3n) is 2.38. The number of rotatable bonds is 4. The van der Waals surface area contributed by atoms with Gasteiger partial charge in [0.05, 0.1) is 0 Å². The molecule has 1 aromatic carbocycles. The van der Waals surface area contributed by atoms with Gasteiger partial charge in [-0.3, -0.25) is 0 Å². The molecule has 0 atom stereocenters. The summed E-state index contributed by atoms with van der Waals surface area (Å²) in [5.74, 6) is 0. The van der Waals surface area contributed by atoms with Crippen molar-refractivity contribution >= 4 is 18.2 Å². The van der Waals surface area contributed by atoms with E-state index in [2.05, 4.69) is 20.8 Å². The Labute approximate surface area is 107 Å². The predicted octanol–water partition coefficient (Wildman–Crippen LogP) is 4.48. The molecule has 0 aliphatic rings. The summed E-state index contributed by atoms with van der Waals surface area (Å²) >= 11 is 1.12. The van der Waals surface area contributed by atoms with Gasteiger partial charge >= 0.3 is 6.80 Å². The van der Waals surface area contributed by atoms with Crippen LogP contribution in [0.3, 0.4) is 0 Å². The lowest BCUT2D eigenvalue weighted by Gasteiger charge is -2.19. The lowest BCUT2D eigenvalue weighted by Crippen LogP contribution is -2.10. The van der Waals surface area contributed by atoms with Crippen molar-refractivity contribution in [3.63, 3.8) is 0 Å². The molecule has 0 amide bonds. The average molecular weight is 274 g/mol. The SMILES string of the molecule is COP(=O)(OC)Sc1ccc(C(C)(C)C)cc1. The Hall–Kier alpha value is -0.280. The van der Waals surface area contributed by atoms with Crippen LogP contribution in [-0.4, -0.2) is 14.2 Å². The van der Waals surface area contributed by atoms with E-state index >= 15 is 0 Å². The van der Waals surface area contributed by atoms with Crippen LogP contribution in [0.2, 0.25) is 0 Å². The van der Waals surface area contributed by atoms with Gasteiger partial charge in [0.2, 0.25) is 0 Å². The van der Waals surface area contributed by atoms with E-state index in [1.54, 1.807) is 0 Å². The minimum atomic E-state index is -3.04. The van der Waals surface area contributed by atoms with Gasteiger partial charge < -0.3 is 9.05 Å². The van der Waals surface area contributed by atoms with Gasteiger partial charge in [-0.05, 0) is 34.5 Å². The van der Waals surface area contributed by atoms with Crippen LogP contribution in [-0.2, 0) is 19.0 Å². The molecule has 96 valence electrons. The summed E-state index contributed by atoms with van der Waals surface area (Å²) in [6.45, 7) is 3.43. The highest BCUT2D eigenvalue weighted by molar-refractivity contribution is 8.55. The first-order valence-electron chi connectivity index (χ1n) is 5.32. The lowest BCUT2D eigenvalue weighted by atomic mass is 9.87. The zero-order chi connectivity index (χ0) is 13.1. The number of hydrogen-bond acceptors (Lipinski definition) is 4. The minimum Gasteiger partial charge on any atom is -0.304 e. The predicted molar refractivity (Wildman–Crippen MR) is 72.6 cm³/mol. The summed E-state index contributed by atoms with van der Waals surface area (Å²) in [4.78, 5) is 0.880. The second kappa shape index (κ2) is 5.57. The van der Waals surface area contributed by atoms with E-state index in [0.29, 0.717) is 0 Å². The van der Waals surface area contributed by atoms with Crippen LogP contribution < -0.4 is 0 Å². The number of benzene rings is 1. The Bertz CT molecular complexity index is 401. The lowest BCUT2D eigenvalue weighted by molar-refractivity contribution is 0.295. The van der Waals surface area contributed by atoms with Crippen molar-refractivity contribution in [1.29, 1.82) is 0 Å². The Morgan fingerprint density at radius 1 is 1.06 bits per heavy atom. The van der Waals surface area contributed by atoms with Crippen LogP contribution >= 0.6 is 18.2 Å². The molecule has 0 bridgehead atoms. The molecule has 0 spiro atoms. The van der Waals surface area contributed by atoms with Crippen LogP contribution in [0.25, 0.3) is 0 Å². The van der Waals surface area contributed by atoms with E-state index in [1.165, 1.54) is 19.8 Å². The summed E-state index contributed by atoms with van der Waals surface area (Å²) in [5.41, 5.74) is 1.36. The van der Waals surface area contributed by atoms with Crippen molar-refractivity contribution in [2.45, 2.75) is 31.1 Å². The second-order valence-corrected chi connectivity index (χ2v) is 8.85. The fourth-order valence-electron chi connectivity index (χ4n) is 1.29. The molecule has 0 aliphatic heterocycles. The van der Waals surface area contributed by atoms with Crippen molar-refractivity contribution in [3.05, 3.63) is 29.8 Å². The van der Waals surface area contributed by atoms with Crippen molar-refractivity contribution in [1.82, 2.24) is 0 Å². The van der Waals surface area contributed by atoms with Crippen LogP contribution in [0.5, 0.6) is 0 Å². The highest BCUT2D eigenvalue weighted by atomic mass is 32.7. The topological polar surface area (TPSA) is 35.5 Å². The van der Waals surface area contributed by atoms with Crippen LogP contribution in [0, 0.1) is 0 Å². The second-order valence-electron chi connectivity index (χ2n) is 4.68. The van der Waals surface area contributed by atoms with Crippen LogP contribution in [0.4, 0.5) is 0 Å². The van der Waals surface area contributed by atoms with E-state index < -0.39 is 6.80 Å². The normalized spacial score (nSPS) is 12.8. The fourth-order valence-corrected chi connectivity index (χ4v) is 3.70. The summed E-state index contributed by atoms with van der Waals surface area (Å²) in [6.07, 6.45) is 0. The van der Waals surface area contributed by atoms with Crippen molar-refractivity contribution < 1.29 is 13.6 Å². The van der Waals surface area contributed by atoms with Gasteiger partial charge in [-0.1, -0.05) is 32.9 Å². The van der Waals surface area contributed by atoms with Crippen LogP contribution in [0.15, 0.2) is 29.2 Å². The van der Waals surface area contributed by atoms with Gasteiger partial charge in [0.15, 0.2) is 0 Å². The summed E-state index contributed by atoms with van der Waals surface area (Å²) in [5, 5.41) is 0. The van der Waals surface area contributed by atoms with E-state index in [-0.39, 0.29) is 5.41 Å². The summed E-state index contributed by atoms with van der Waals surface area (Å²) < 4.78 is 21.7. The molecule has 0 unspecified atom stereocenters. The van der Waals surface area contributed by atoms with Gasteiger partial charge in [0.1, 0.15) is 0 Å². The Morgan fingerprint density at radius 2 is 1.53 bits per heavy atom. The Morgan fingerprint density at radius 3 is 1.88 bits per heavy atom. The van der Waals surface area contributed by atoms with Crippen molar-refractivity contribution in [2.75, 3.05) is 14.2 Å². The molecular formula is C12H19O3PS. The Kier molecular flexibility index (Phi) is 4.85. The zero-order valence-electron chi connectivity index (χ0n) is 10.9. The molecular weight excluding hydrogens is 255 g/mol. The molecule has 0 N–H and O–H groups in total. The molecule has 0 saturated carbocycles. The molecule has 0 saturated heterocycles. The van der Waals surface area contributed by atoms with Crippen molar-refractivity contribution in [3.8, 4) is 0 Å². The van der Waals surface area contributed by atoms with Crippen LogP contribution in [0.1, 0.15) is 26.3 Å². The molecule has 0 fully saturated rings. The third-order valence-corrected chi connectivity index (χ3v) is 6.18. The summed E-state index contributed by atoms with van der Waals surface area (Å²) in [6, 6.07) is 7.96. The van der Waals surface area contributed by atoms with E-state index in [0.717, 1.165) is 16.3 Å². The maximum atomic E-state index is 11.9. The molecule has 0 aromatic heterocycles. The van der Waals surface area contributed by atoms with E-state index in [4.69, 9.17) is 9.05 Å². The minimum absolute atomic E-state index is 0.120. The fraction of sp³-hybridized carbons (Fsp3) is 0.500. The van der Waals surface area contributed by atoms with Gasteiger partial charge in [-0.15, -0.1) is 0 Å². The molecule has 3 nitrogen and oxygen atoms in total. The molecule has 5 heteroatoms. The molecule has 1 aromatic rings. The highest BCUT2D eigenvalue weighted by Crippen LogP contribution is 2.62. The third kappa shape index (κ3) is 4.14. The van der Waals surface area contributed by atoms with Gasteiger partial charge in [0, 0.05) is 19.1 Å². The zero-order valence-corrected chi connectivity index (χ0v) is 12.6. The number of hydrogen-bond donors (Lipinski definition) is 0. The van der Waals surface area contributed by atoms with E-state index in [9.17, 15) is 4.57 Å². The maximum absolute atomic E-state index is 11.9.